The molecular weight excluding hydrogens is 456 g/mol. The first-order chi connectivity index (χ1) is 17.4. The van der Waals surface area contributed by atoms with Crippen LogP contribution >= 0.6 is 0 Å². The molecule has 0 atom stereocenters. The Balaban J connectivity index is 1.50. The largest absolute Gasteiger partial charge is 0.355 e. The SMILES string of the molecule is C[Si](C)(C)CCc1ccc(-c2cc3cc4nc(cc5ccc(cc6nc(cc2[nH]3)C=C6)[nH]5)C=C4)cc1. The Hall–Kier alpha value is -3.96. The fourth-order valence-corrected chi connectivity index (χ4v) is 5.67. The Kier molecular flexibility index (Phi) is 5.57. The molecule has 3 aromatic heterocycles. The summed E-state index contributed by atoms with van der Waals surface area (Å²) in [6, 6.07) is 25.1. The molecule has 0 saturated heterocycles. The molecule has 0 spiro atoms. The third-order valence-corrected chi connectivity index (χ3v) is 8.35. The van der Waals surface area contributed by atoms with Crippen LogP contribution in [0.5, 0.6) is 0 Å². The Morgan fingerprint density at radius 2 is 1.17 bits per heavy atom. The lowest BCUT2D eigenvalue weighted by Crippen LogP contribution is -2.19. The Bertz CT molecular complexity index is 1660. The van der Waals surface area contributed by atoms with Crippen LogP contribution in [0.4, 0.5) is 0 Å². The maximum Gasteiger partial charge on any atom is 0.0658 e. The van der Waals surface area contributed by atoms with E-state index in [1.807, 2.05) is 0 Å². The zero-order valence-electron chi connectivity index (χ0n) is 21.0. The number of fused-ring (bicyclic) bond motifs is 8. The average Bonchev–Trinajstić information content (AvgIpc) is 3.63. The molecule has 0 unspecified atom stereocenters. The normalized spacial score (nSPS) is 12.9. The van der Waals surface area contributed by atoms with Gasteiger partial charge >= 0.3 is 0 Å². The van der Waals surface area contributed by atoms with Gasteiger partial charge in [-0.15, -0.1) is 0 Å². The Morgan fingerprint density at radius 3 is 1.75 bits per heavy atom. The van der Waals surface area contributed by atoms with Crippen LogP contribution in [0.1, 0.15) is 28.3 Å². The van der Waals surface area contributed by atoms with E-state index in [-0.39, 0.29) is 0 Å². The summed E-state index contributed by atoms with van der Waals surface area (Å²) >= 11 is 0. The Labute approximate surface area is 212 Å². The second kappa shape index (κ2) is 8.92. The summed E-state index contributed by atoms with van der Waals surface area (Å²) in [5.41, 5.74) is 11.6. The van der Waals surface area contributed by atoms with Crippen molar-refractivity contribution in [3.63, 3.8) is 0 Å². The number of rotatable bonds is 4. The second-order valence-corrected chi connectivity index (χ2v) is 16.5. The molecule has 0 radical (unpaired) electrons. The van der Waals surface area contributed by atoms with Gasteiger partial charge in [0, 0.05) is 35.7 Å². The van der Waals surface area contributed by atoms with Gasteiger partial charge in [0.15, 0.2) is 0 Å². The van der Waals surface area contributed by atoms with E-state index in [9.17, 15) is 0 Å². The standard InChI is InChI=1S/C31H30N4Si/c1-36(2,3)15-14-21-4-6-22(7-5-21)30-19-29-18-27-11-10-25(33-27)16-23-8-9-24(32-23)17-26-12-13-28(34-26)20-31(30)35-29/h4-13,16-20,32,35H,14-15H2,1-3H3. The number of hydrogen-bond acceptors (Lipinski definition) is 2. The van der Waals surface area contributed by atoms with Crippen LogP contribution in [-0.2, 0) is 6.42 Å². The first-order valence-corrected chi connectivity index (χ1v) is 16.2. The van der Waals surface area contributed by atoms with Gasteiger partial charge in [-0.05, 0) is 84.3 Å². The summed E-state index contributed by atoms with van der Waals surface area (Å²) in [5.74, 6) is 0. The fraction of sp³-hybridized carbons (Fsp3) is 0.161. The van der Waals surface area contributed by atoms with E-state index in [0.29, 0.717) is 0 Å². The highest BCUT2D eigenvalue weighted by atomic mass is 28.3. The van der Waals surface area contributed by atoms with Crippen LogP contribution in [-0.4, -0.2) is 28.0 Å². The van der Waals surface area contributed by atoms with Crippen LogP contribution < -0.4 is 0 Å². The monoisotopic (exact) mass is 486 g/mol. The van der Waals surface area contributed by atoms with Gasteiger partial charge in [0.25, 0.3) is 0 Å². The van der Waals surface area contributed by atoms with Crippen LogP contribution in [0.15, 0.2) is 66.7 Å². The molecule has 2 aliphatic heterocycles. The molecule has 36 heavy (non-hydrogen) atoms. The summed E-state index contributed by atoms with van der Waals surface area (Å²) in [5, 5.41) is 0. The van der Waals surface area contributed by atoms with Crippen molar-refractivity contribution in [3.05, 3.63) is 95.1 Å². The van der Waals surface area contributed by atoms with E-state index < -0.39 is 8.07 Å². The minimum Gasteiger partial charge on any atom is -0.355 e. The third-order valence-electron chi connectivity index (χ3n) is 6.60. The molecule has 0 amide bonds. The van der Waals surface area contributed by atoms with Gasteiger partial charge in [0.1, 0.15) is 0 Å². The van der Waals surface area contributed by atoms with Gasteiger partial charge in [-0.25, -0.2) is 9.97 Å². The van der Waals surface area contributed by atoms with Crippen molar-refractivity contribution in [1.29, 1.82) is 0 Å². The maximum absolute atomic E-state index is 4.83. The first kappa shape index (κ1) is 22.5. The second-order valence-electron chi connectivity index (χ2n) is 10.8. The highest BCUT2D eigenvalue weighted by Crippen LogP contribution is 2.28. The lowest BCUT2D eigenvalue weighted by Gasteiger charge is -2.15. The molecule has 5 heteroatoms. The van der Waals surface area contributed by atoms with Crippen LogP contribution in [0, 0.1) is 0 Å². The highest BCUT2D eigenvalue weighted by molar-refractivity contribution is 6.76. The molecule has 8 bridgehead atoms. The summed E-state index contributed by atoms with van der Waals surface area (Å²) in [6.45, 7) is 7.30. The molecular formula is C31H30N4Si. The van der Waals surface area contributed by atoms with E-state index in [2.05, 4.69) is 121 Å². The van der Waals surface area contributed by atoms with Crippen LogP contribution in [0.3, 0.4) is 0 Å². The van der Waals surface area contributed by atoms with Gasteiger partial charge in [0.05, 0.1) is 22.8 Å². The predicted molar refractivity (Wildman–Crippen MR) is 156 cm³/mol. The van der Waals surface area contributed by atoms with Gasteiger partial charge in [-0.3, -0.25) is 0 Å². The van der Waals surface area contributed by atoms with Crippen molar-refractivity contribution in [2.75, 3.05) is 0 Å². The van der Waals surface area contributed by atoms with Crippen molar-refractivity contribution in [1.82, 2.24) is 19.9 Å². The van der Waals surface area contributed by atoms with E-state index >= 15 is 0 Å². The number of nitrogens with one attached hydrogen (secondary N) is 2. The average molecular weight is 487 g/mol. The zero-order chi connectivity index (χ0) is 24.7. The number of aryl methyl sites for hydroxylation is 1. The number of nitrogens with zero attached hydrogens (tertiary/aromatic N) is 2. The van der Waals surface area contributed by atoms with Crippen molar-refractivity contribution in [3.8, 4) is 11.1 Å². The maximum atomic E-state index is 4.83. The third kappa shape index (κ3) is 5.02. The quantitative estimate of drug-likeness (QED) is 0.247. The molecule has 178 valence electrons. The Morgan fingerprint density at radius 1 is 0.611 bits per heavy atom. The number of aromatic amines is 2. The molecule has 4 nitrogen and oxygen atoms in total. The highest BCUT2D eigenvalue weighted by Gasteiger charge is 2.13. The predicted octanol–water partition coefficient (Wildman–Crippen LogP) is 8.20. The van der Waals surface area contributed by atoms with Crippen molar-refractivity contribution in [2.45, 2.75) is 32.1 Å². The summed E-state index contributed by atoms with van der Waals surface area (Å²) in [4.78, 5) is 16.7. The number of aromatic nitrogens is 4. The molecule has 4 aromatic rings. The van der Waals surface area contributed by atoms with Crippen molar-refractivity contribution >= 4 is 54.4 Å². The van der Waals surface area contributed by atoms with Gasteiger partial charge in [0.2, 0.25) is 0 Å². The lowest BCUT2D eigenvalue weighted by molar-refractivity contribution is 1.09. The minimum absolute atomic E-state index is 0.932. The number of benzene rings is 1. The van der Waals surface area contributed by atoms with Crippen LogP contribution in [0.25, 0.3) is 57.5 Å². The summed E-state index contributed by atoms with van der Waals surface area (Å²) in [6.07, 6.45) is 9.39. The molecule has 1 aromatic carbocycles. The van der Waals surface area contributed by atoms with Crippen molar-refractivity contribution in [2.24, 2.45) is 0 Å². The molecule has 0 aliphatic carbocycles. The first-order valence-electron chi connectivity index (χ1n) is 12.5. The van der Waals surface area contributed by atoms with Gasteiger partial charge in [-0.2, -0.15) is 0 Å². The molecule has 5 heterocycles. The molecule has 0 saturated carbocycles. The van der Waals surface area contributed by atoms with E-state index in [4.69, 9.17) is 9.97 Å². The van der Waals surface area contributed by atoms with Crippen LogP contribution in [0.2, 0.25) is 25.7 Å². The molecule has 6 rings (SSSR count). The van der Waals surface area contributed by atoms with Gasteiger partial charge in [-0.1, -0.05) is 50.0 Å². The smallest absolute Gasteiger partial charge is 0.0658 e. The molecule has 2 aliphatic rings. The minimum atomic E-state index is -1.05. The van der Waals surface area contributed by atoms with E-state index in [0.717, 1.165) is 51.3 Å². The topological polar surface area (TPSA) is 57.4 Å². The fourth-order valence-electron chi connectivity index (χ4n) is 4.63. The molecule has 2 N–H and O–H groups in total. The number of hydrogen-bond donors (Lipinski definition) is 2. The van der Waals surface area contributed by atoms with Gasteiger partial charge < -0.3 is 9.97 Å². The lowest BCUT2D eigenvalue weighted by atomic mass is 10.0. The van der Waals surface area contributed by atoms with E-state index in [1.165, 1.54) is 22.7 Å². The number of H-pyrrole nitrogens is 2. The summed E-state index contributed by atoms with van der Waals surface area (Å²) in [7, 11) is -1.05. The molecule has 0 fully saturated rings. The van der Waals surface area contributed by atoms with Crippen molar-refractivity contribution < 1.29 is 0 Å². The zero-order valence-corrected chi connectivity index (χ0v) is 22.0. The van der Waals surface area contributed by atoms with E-state index in [1.54, 1.807) is 0 Å². The summed E-state index contributed by atoms with van der Waals surface area (Å²) < 4.78 is 0.